The van der Waals surface area contributed by atoms with E-state index in [4.69, 9.17) is 32.7 Å². The maximum Gasteiger partial charge on any atom is 0.162 e. The highest BCUT2D eigenvalue weighted by Gasteiger charge is 2.46. The van der Waals surface area contributed by atoms with Crippen molar-refractivity contribution in [3.05, 3.63) is 58.0 Å². The van der Waals surface area contributed by atoms with Crippen molar-refractivity contribution in [2.45, 2.75) is 25.0 Å². The molecule has 1 aliphatic rings. The minimum absolute atomic E-state index is 0.252. The van der Waals surface area contributed by atoms with Crippen LogP contribution < -0.4 is 14.4 Å². The monoisotopic (exact) mass is 576 g/mol. The molecular weight excluding hydrogens is 551 g/mol. The molecule has 0 aliphatic carbocycles. The van der Waals surface area contributed by atoms with Gasteiger partial charge < -0.3 is 14.4 Å². The normalized spacial score (nSPS) is 14.9. The molecule has 4 aromatic rings. The maximum absolute atomic E-state index is 9.96. The Morgan fingerprint density at radius 3 is 2.48 bits per heavy atom. The lowest BCUT2D eigenvalue weighted by molar-refractivity contribution is 0.116. The quantitative estimate of drug-likeness (QED) is 0.294. The number of hydrogen-bond donors (Lipinski definition) is 1. The minimum Gasteiger partial charge on any atom is -0.493 e. The van der Waals surface area contributed by atoms with Gasteiger partial charge in [0.1, 0.15) is 23.7 Å². The first kappa shape index (κ1) is 27.5. The number of aromatic nitrogens is 4. The molecule has 0 saturated carbocycles. The molecule has 3 aromatic heterocycles. The molecule has 0 spiro atoms. The fourth-order valence-corrected chi connectivity index (χ4v) is 5.66. The summed E-state index contributed by atoms with van der Waals surface area (Å²) >= 11 is 12.7. The van der Waals surface area contributed by atoms with Gasteiger partial charge in [0, 0.05) is 54.3 Å². The van der Waals surface area contributed by atoms with Crippen LogP contribution >= 0.6 is 23.2 Å². The Hall–Kier alpha value is -4.09. The van der Waals surface area contributed by atoms with Crippen molar-refractivity contribution in [1.82, 2.24) is 25.1 Å². The molecule has 0 radical (unpaired) electrons. The molecule has 1 aromatic carbocycles. The molecule has 1 saturated heterocycles. The number of pyridine rings is 2. The van der Waals surface area contributed by atoms with Crippen molar-refractivity contribution < 1.29 is 9.47 Å². The van der Waals surface area contributed by atoms with Crippen LogP contribution in [0, 0.1) is 22.7 Å². The molecule has 0 unspecified atom stereocenters. The number of hydrogen-bond acceptors (Lipinski definition) is 9. The van der Waals surface area contributed by atoms with Crippen molar-refractivity contribution in [3.63, 3.8) is 0 Å². The number of nitrogens with one attached hydrogen (secondary N) is 1. The average Bonchev–Trinajstić information content (AvgIpc) is 3.32. The Morgan fingerprint density at radius 2 is 1.85 bits per heavy atom. The van der Waals surface area contributed by atoms with Crippen molar-refractivity contribution >= 4 is 39.9 Å². The lowest BCUT2D eigenvalue weighted by Gasteiger charge is -2.53. The highest BCUT2D eigenvalue weighted by Crippen LogP contribution is 2.41. The standard InChI is InChI=1S/C28H26Cl2N8O2/c1-16(25-20(29)12-33-13-21(25)30)40-24-8-19-22(9-23(24)39-4)35-36-26(19)18-7-17(10-32)27(34-11-18)38-14-28(15-38,5-6-31)37(2)3/h7-9,11-13,16H,5,14-15H2,1-4H3,(H,35,36)/t16-/m1/s1. The topological polar surface area (TPSA) is 127 Å². The van der Waals surface area contributed by atoms with E-state index in [-0.39, 0.29) is 5.54 Å². The van der Waals surface area contributed by atoms with Crippen LogP contribution in [-0.4, -0.2) is 64.9 Å². The van der Waals surface area contributed by atoms with Gasteiger partial charge in [-0.1, -0.05) is 23.2 Å². The first-order valence-corrected chi connectivity index (χ1v) is 13.2. The molecule has 1 aliphatic heterocycles. The molecule has 204 valence electrons. The van der Waals surface area contributed by atoms with Crippen LogP contribution in [0.4, 0.5) is 5.82 Å². The fourth-order valence-electron chi connectivity index (χ4n) is 4.99. The predicted octanol–water partition coefficient (Wildman–Crippen LogP) is 5.38. The van der Waals surface area contributed by atoms with Gasteiger partial charge in [0.2, 0.25) is 0 Å². The van der Waals surface area contributed by atoms with Gasteiger partial charge in [0.15, 0.2) is 11.5 Å². The number of ether oxygens (including phenoxy) is 2. The maximum atomic E-state index is 9.96. The summed E-state index contributed by atoms with van der Waals surface area (Å²) in [5, 5.41) is 28.3. The summed E-state index contributed by atoms with van der Waals surface area (Å²) in [6.07, 6.45) is 4.65. The summed E-state index contributed by atoms with van der Waals surface area (Å²) in [6.45, 7) is 3.07. The van der Waals surface area contributed by atoms with Crippen LogP contribution in [0.1, 0.15) is 30.6 Å². The highest BCUT2D eigenvalue weighted by molar-refractivity contribution is 6.35. The second-order valence-corrected chi connectivity index (χ2v) is 10.7. The van der Waals surface area contributed by atoms with Gasteiger partial charge in [-0.25, -0.2) is 4.98 Å². The van der Waals surface area contributed by atoms with E-state index in [1.54, 1.807) is 25.4 Å². The van der Waals surface area contributed by atoms with Crippen LogP contribution in [-0.2, 0) is 0 Å². The van der Waals surface area contributed by atoms with Gasteiger partial charge in [-0.2, -0.15) is 15.6 Å². The molecule has 5 rings (SSSR count). The second kappa shape index (κ2) is 10.8. The summed E-state index contributed by atoms with van der Waals surface area (Å²) in [6, 6.07) is 9.95. The lowest BCUT2D eigenvalue weighted by Crippen LogP contribution is -2.68. The van der Waals surface area contributed by atoms with Gasteiger partial charge >= 0.3 is 0 Å². The lowest BCUT2D eigenvalue weighted by atomic mass is 9.85. The summed E-state index contributed by atoms with van der Waals surface area (Å²) in [5.74, 6) is 1.56. The molecule has 0 bridgehead atoms. The smallest absolute Gasteiger partial charge is 0.162 e. The van der Waals surface area contributed by atoms with Crippen molar-refractivity contribution in [3.8, 4) is 34.9 Å². The van der Waals surface area contributed by atoms with Gasteiger partial charge in [-0.3, -0.25) is 15.0 Å². The number of nitrogens with zero attached hydrogens (tertiary/aromatic N) is 7. The number of H-pyrrole nitrogens is 1. The number of rotatable bonds is 8. The largest absolute Gasteiger partial charge is 0.493 e. The highest BCUT2D eigenvalue weighted by atomic mass is 35.5. The Kier molecular flexibility index (Phi) is 7.43. The fraction of sp³-hybridized carbons (Fsp3) is 0.321. The zero-order chi connectivity index (χ0) is 28.6. The molecule has 1 fully saturated rings. The molecule has 1 N–H and O–H groups in total. The molecule has 10 nitrogen and oxygen atoms in total. The van der Waals surface area contributed by atoms with Crippen molar-refractivity contribution in [2.75, 3.05) is 39.2 Å². The zero-order valence-electron chi connectivity index (χ0n) is 22.4. The van der Waals surface area contributed by atoms with Crippen molar-refractivity contribution in [1.29, 1.82) is 10.5 Å². The number of anilines is 1. The Balaban J connectivity index is 1.48. The molecule has 40 heavy (non-hydrogen) atoms. The van der Waals surface area contributed by atoms with E-state index in [2.05, 4.69) is 37.2 Å². The Labute approximate surface area is 241 Å². The third-order valence-electron chi connectivity index (χ3n) is 7.33. The molecule has 0 amide bonds. The number of methoxy groups -OCH3 is 1. The van der Waals surface area contributed by atoms with E-state index in [0.29, 0.717) is 69.3 Å². The van der Waals surface area contributed by atoms with Gasteiger partial charge in [-0.15, -0.1) is 0 Å². The number of fused-ring (bicyclic) bond motifs is 1. The minimum atomic E-state index is -0.498. The zero-order valence-corrected chi connectivity index (χ0v) is 23.9. The second-order valence-electron chi connectivity index (χ2n) is 9.91. The van der Waals surface area contributed by atoms with Gasteiger partial charge in [-0.05, 0) is 33.2 Å². The average molecular weight is 577 g/mol. The van der Waals surface area contributed by atoms with Gasteiger partial charge in [0.05, 0.1) is 46.3 Å². The van der Waals surface area contributed by atoms with E-state index in [1.807, 2.05) is 32.0 Å². The summed E-state index contributed by atoms with van der Waals surface area (Å²) in [5.41, 5.74) is 2.81. The molecule has 12 heteroatoms. The van der Waals surface area contributed by atoms with E-state index < -0.39 is 6.10 Å². The first-order valence-electron chi connectivity index (χ1n) is 12.4. The van der Waals surface area contributed by atoms with Crippen LogP contribution in [0.5, 0.6) is 11.5 Å². The molecule has 1 atom stereocenters. The van der Waals surface area contributed by atoms with E-state index >= 15 is 0 Å². The molecular formula is C28H26Cl2N8O2. The van der Waals surface area contributed by atoms with Crippen molar-refractivity contribution in [2.24, 2.45) is 0 Å². The summed E-state index contributed by atoms with van der Waals surface area (Å²) in [7, 11) is 5.49. The van der Waals surface area contributed by atoms with E-state index in [0.717, 1.165) is 10.9 Å². The number of nitriles is 2. The van der Waals surface area contributed by atoms with Crippen LogP contribution in [0.15, 0.2) is 36.8 Å². The Bertz CT molecular complexity index is 1650. The predicted molar refractivity (Wildman–Crippen MR) is 153 cm³/mol. The van der Waals surface area contributed by atoms with Crippen LogP contribution in [0.25, 0.3) is 22.2 Å². The number of likely N-dealkylation sites (N-methyl/N-ethyl adjacent to an activating group) is 1. The third kappa shape index (κ3) is 4.75. The van der Waals surface area contributed by atoms with E-state index in [9.17, 15) is 10.5 Å². The Morgan fingerprint density at radius 1 is 1.12 bits per heavy atom. The number of halogens is 2. The SMILES string of the molecule is COc1cc2[nH]nc(-c3cnc(N4CC(CC#N)(N(C)C)C4)c(C#N)c3)c2cc1O[C@H](C)c1c(Cl)cncc1Cl. The number of aromatic amines is 1. The number of benzene rings is 1. The van der Waals surface area contributed by atoms with E-state index in [1.165, 1.54) is 12.4 Å². The molecule has 4 heterocycles. The van der Waals surface area contributed by atoms with Crippen LogP contribution in [0.3, 0.4) is 0 Å². The van der Waals surface area contributed by atoms with Crippen LogP contribution in [0.2, 0.25) is 10.0 Å². The summed E-state index contributed by atoms with van der Waals surface area (Å²) in [4.78, 5) is 12.7. The third-order valence-corrected chi connectivity index (χ3v) is 7.94. The first-order chi connectivity index (χ1) is 19.2. The summed E-state index contributed by atoms with van der Waals surface area (Å²) < 4.78 is 11.8. The van der Waals surface area contributed by atoms with Gasteiger partial charge in [0.25, 0.3) is 0 Å².